The summed E-state index contributed by atoms with van der Waals surface area (Å²) in [5.41, 5.74) is 0. The Kier molecular flexibility index (Phi) is 7.89. The van der Waals surface area contributed by atoms with Gasteiger partial charge >= 0.3 is 5.97 Å². The fourth-order valence-corrected chi connectivity index (χ4v) is 2.65. The van der Waals surface area contributed by atoms with Crippen molar-refractivity contribution in [3.63, 3.8) is 0 Å². The summed E-state index contributed by atoms with van der Waals surface area (Å²) in [7, 11) is 0. The van der Waals surface area contributed by atoms with Gasteiger partial charge in [-0.1, -0.05) is 24.9 Å². The highest BCUT2D eigenvalue weighted by Crippen LogP contribution is 2.20. The first-order valence-corrected chi connectivity index (χ1v) is 8.13. The molecule has 6 nitrogen and oxygen atoms in total. The molecule has 0 aliphatic carbocycles. The molecule has 1 amide bonds. The number of ether oxygens (including phenoxy) is 1. The second-order valence-electron chi connectivity index (χ2n) is 4.56. The predicted octanol–water partition coefficient (Wildman–Crippen LogP) is 2.78. The van der Waals surface area contributed by atoms with Crippen LogP contribution in [0.25, 0.3) is 0 Å². The van der Waals surface area contributed by atoms with E-state index in [1.165, 1.54) is 11.8 Å². The van der Waals surface area contributed by atoms with E-state index < -0.39 is 0 Å². The number of rotatable bonds is 9. The Morgan fingerprint density at radius 2 is 2.24 bits per heavy atom. The van der Waals surface area contributed by atoms with Crippen molar-refractivity contribution in [1.29, 1.82) is 0 Å². The average molecular weight is 314 g/mol. The molecule has 0 aliphatic heterocycles. The van der Waals surface area contributed by atoms with Crippen molar-refractivity contribution in [2.75, 3.05) is 17.7 Å². The molecule has 1 aromatic rings. The Labute approximate surface area is 129 Å². The Bertz CT molecular complexity index is 462. The topological polar surface area (TPSA) is 81.4 Å². The van der Waals surface area contributed by atoms with Gasteiger partial charge in [-0.2, -0.15) is 0 Å². The molecule has 0 aromatic carbocycles. The molecule has 0 spiro atoms. The van der Waals surface area contributed by atoms with E-state index in [0.29, 0.717) is 24.6 Å². The van der Waals surface area contributed by atoms with Gasteiger partial charge in [0.1, 0.15) is 5.76 Å². The van der Waals surface area contributed by atoms with Gasteiger partial charge in [-0.3, -0.25) is 9.59 Å². The SMILES string of the molecule is CCCCC(SCC(=O)OCC)C(=O)Nc1cc(C)on1. The minimum atomic E-state index is -0.300. The molecule has 1 rings (SSSR count). The second-order valence-corrected chi connectivity index (χ2v) is 5.75. The predicted molar refractivity (Wildman–Crippen MR) is 82.3 cm³/mol. The fourth-order valence-electron chi connectivity index (χ4n) is 1.68. The maximum atomic E-state index is 12.2. The number of carbonyl (C=O) groups is 2. The molecule has 0 bridgehead atoms. The normalized spacial score (nSPS) is 12.0. The third kappa shape index (κ3) is 6.66. The molecule has 0 saturated heterocycles. The largest absolute Gasteiger partial charge is 0.465 e. The van der Waals surface area contributed by atoms with Crippen molar-refractivity contribution < 1.29 is 18.8 Å². The lowest BCUT2D eigenvalue weighted by Crippen LogP contribution is -2.27. The summed E-state index contributed by atoms with van der Waals surface area (Å²) in [6.45, 7) is 5.93. The van der Waals surface area contributed by atoms with Crippen molar-refractivity contribution in [2.24, 2.45) is 0 Å². The number of hydrogen-bond acceptors (Lipinski definition) is 6. The van der Waals surface area contributed by atoms with Gasteiger partial charge in [-0.15, -0.1) is 11.8 Å². The number of nitrogens with one attached hydrogen (secondary N) is 1. The van der Waals surface area contributed by atoms with Crippen molar-refractivity contribution in [1.82, 2.24) is 5.16 Å². The summed E-state index contributed by atoms with van der Waals surface area (Å²) < 4.78 is 9.79. The zero-order chi connectivity index (χ0) is 15.7. The molecule has 118 valence electrons. The van der Waals surface area contributed by atoms with Crippen LogP contribution >= 0.6 is 11.8 Å². The quantitative estimate of drug-likeness (QED) is 0.706. The smallest absolute Gasteiger partial charge is 0.315 e. The number of anilines is 1. The molecule has 1 atom stereocenters. The van der Waals surface area contributed by atoms with Crippen molar-refractivity contribution in [3.8, 4) is 0 Å². The van der Waals surface area contributed by atoms with Crippen molar-refractivity contribution in [3.05, 3.63) is 11.8 Å². The maximum absolute atomic E-state index is 12.2. The molecule has 0 radical (unpaired) electrons. The summed E-state index contributed by atoms with van der Waals surface area (Å²) in [6.07, 6.45) is 2.63. The Hall–Kier alpha value is -1.50. The maximum Gasteiger partial charge on any atom is 0.315 e. The van der Waals surface area contributed by atoms with E-state index in [1.54, 1.807) is 19.9 Å². The van der Waals surface area contributed by atoms with Gasteiger partial charge in [-0.25, -0.2) is 0 Å². The Morgan fingerprint density at radius 3 is 2.81 bits per heavy atom. The highest BCUT2D eigenvalue weighted by atomic mass is 32.2. The molecule has 0 aliphatic rings. The molecule has 1 N–H and O–H groups in total. The van der Waals surface area contributed by atoms with Crippen molar-refractivity contribution >= 4 is 29.5 Å². The molecule has 1 aromatic heterocycles. The summed E-state index contributed by atoms with van der Waals surface area (Å²) >= 11 is 1.30. The van der Waals surface area contributed by atoms with Crippen LogP contribution < -0.4 is 5.32 Å². The van der Waals surface area contributed by atoms with Crippen LogP contribution in [-0.2, 0) is 14.3 Å². The molecule has 0 saturated carbocycles. The van der Waals surface area contributed by atoms with Gasteiger partial charge in [0.15, 0.2) is 5.82 Å². The molecule has 1 unspecified atom stereocenters. The van der Waals surface area contributed by atoms with Gasteiger partial charge in [0.25, 0.3) is 0 Å². The number of thioether (sulfide) groups is 1. The first kappa shape index (κ1) is 17.6. The van der Waals surface area contributed by atoms with Gasteiger partial charge in [0.05, 0.1) is 17.6 Å². The third-order valence-electron chi connectivity index (χ3n) is 2.70. The minimum Gasteiger partial charge on any atom is -0.465 e. The van der Waals surface area contributed by atoms with Crippen LogP contribution in [0, 0.1) is 6.92 Å². The number of nitrogens with zero attached hydrogens (tertiary/aromatic N) is 1. The summed E-state index contributed by atoms with van der Waals surface area (Å²) in [6, 6.07) is 1.66. The first-order chi connectivity index (χ1) is 10.1. The van der Waals surface area contributed by atoms with E-state index in [9.17, 15) is 9.59 Å². The number of aromatic nitrogens is 1. The van der Waals surface area contributed by atoms with Crippen LogP contribution in [0.5, 0.6) is 0 Å². The number of aryl methyl sites for hydroxylation is 1. The lowest BCUT2D eigenvalue weighted by atomic mass is 10.2. The Balaban J connectivity index is 2.54. The van der Waals surface area contributed by atoms with Crippen LogP contribution in [0.3, 0.4) is 0 Å². The summed E-state index contributed by atoms with van der Waals surface area (Å²) in [5.74, 6) is 0.749. The zero-order valence-corrected chi connectivity index (χ0v) is 13.5. The van der Waals surface area contributed by atoms with E-state index >= 15 is 0 Å². The fraction of sp³-hybridized carbons (Fsp3) is 0.643. The summed E-state index contributed by atoms with van der Waals surface area (Å²) in [5, 5.41) is 6.15. The van der Waals surface area contributed by atoms with Crippen molar-refractivity contribution in [2.45, 2.75) is 45.3 Å². The third-order valence-corrected chi connectivity index (χ3v) is 3.95. The number of esters is 1. The van der Waals surface area contributed by atoms with Gasteiger partial charge < -0.3 is 14.6 Å². The molecule has 7 heteroatoms. The first-order valence-electron chi connectivity index (χ1n) is 7.08. The van der Waals surface area contributed by atoms with Crippen LogP contribution in [-0.4, -0.2) is 34.6 Å². The van der Waals surface area contributed by atoms with E-state index in [2.05, 4.69) is 17.4 Å². The van der Waals surface area contributed by atoms with Gasteiger partial charge in [-0.05, 0) is 20.3 Å². The Morgan fingerprint density at radius 1 is 1.48 bits per heavy atom. The van der Waals surface area contributed by atoms with E-state index in [-0.39, 0.29) is 22.9 Å². The number of unbranched alkanes of at least 4 members (excludes halogenated alkanes) is 1. The van der Waals surface area contributed by atoms with E-state index in [4.69, 9.17) is 9.26 Å². The van der Waals surface area contributed by atoms with Crippen LogP contribution in [0.15, 0.2) is 10.6 Å². The number of amides is 1. The monoisotopic (exact) mass is 314 g/mol. The number of hydrogen-bond donors (Lipinski definition) is 1. The van der Waals surface area contributed by atoms with Crippen LogP contribution in [0.4, 0.5) is 5.82 Å². The molecular formula is C14H22N2O4S. The van der Waals surface area contributed by atoms with E-state index in [0.717, 1.165) is 12.8 Å². The molecule has 21 heavy (non-hydrogen) atoms. The molecule has 1 heterocycles. The molecular weight excluding hydrogens is 292 g/mol. The standard InChI is InChI=1S/C14H22N2O4S/c1-4-6-7-11(21-9-13(17)19-5-2)14(18)15-12-8-10(3)20-16-12/h8,11H,4-7,9H2,1-3H3,(H,15,16,18). The zero-order valence-electron chi connectivity index (χ0n) is 12.7. The highest BCUT2D eigenvalue weighted by Gasteiger charge is 2.21. The van der Waals surface area contributed by atoms with Crippen LogP contribution in [0.2, 0.25) is 0 Å². The van der Waals surface area contributed by atoms with E-state index in [1.807, 2.05) is 0 Å². The highest BCUT2D eigenvalue weighted by molar-refractivity contribution is 8.01. The number of carbonyl (C=O) groups excluding carboxylic acids is 2. The average Bonchev–Trinajstić information content (AvgIpc) is 2.84. The lowest BCUT2D eigenvalue weighted by molar-refractivity contribution is -0.139. The van der Waals surface area contributed by atoms with Gasteiger partial charge in [0, 0.05) is 6.07 Å². The summed E-state index contributed by atoms with van der Waals surface area (Å²) in [4.78, 5) is 23.6. The lowest BCUT2D eigenvalue weighted by Gasteiger charge is -2.14. The molecule has 0 fully saturated rings. The van der Waals surface area contributed by atoms with Crippen LogP contribution in [0.1, 0.15) is 38.9 Å². The second kappa shape index (κ2) is 9.44. The van der Waals surface area contributed by atoms with Gasteiger partial charge in [0.2, 0.25) is 5.91 Å². The minimum absolute atomic E-state index is 0.161.